The lowest BCUT2D eigenvalue weighted by atomic mass is 10.1. The van der Waals surface area contributed by atoms with Crippen LogP contribution < -0.4 is 9.64 Å². The van der Waals surface area contributed by atoms with Crippen molar-refractivity contribution in [3.63, 3.8) is 0 Å². The van der Waals surface area contributed by atoms with Gasteiger partial charge in [-0.05, 0) is 25.5 Å². The molecular weight excluding hydrogens is 376 g/mol. The summed E-state index contributed by atoms with van der Waals surface area (Å²) < 4.78 is 5.72. The van der Waals surface area contributed by atoms with E-state index in [-0.39, 0.29) is 12.5 Å². The summed E-state index contributed by atoms with van der Waals surface area (Å²) in [6, 6.07) is 19.9. The number of hydrogen-bond acceptors (Lipinski definition) is 5. The van der Waals surface area contributed by atoms with Gasteiger partial charge in [0.2, 0.25) is 0 Å². The van der Waals surface area contributed by atoms with Crippen molar-refractivity contribution in [1.82, 2.24) is 14.9 Å². The van der Waals surface area contributed by atoms with Gasteiger partial charge in [0, 0.05) is 37.8 Å². The molecule has 30 heavy (non-hydrogen) atoms. The van der Waals surface area contributed by atoms with Crippen LogP contribution in [0.25, 0.3) is 11.3 Å². The number of benzene rings is 2. The zero-order valence-corrected chi connectivity index (χ0v) is 17.4. The van der Waals surface area contributed by atoms with Crippen LogP contribution in [0.3, 0.4) is 0 Å². The lowest BCUT2D eigenvalue weighted by molar-refractivity contribution is -0.133. The van der Waals surface area contributed by atoms with Crippen molar-refractivity contribution < 1.29 is 9.53 Å². The number of hydrogen-bond donors (Lipinski definition) is 0. The molecule has 2 heterocycles. The SMILES string of the molecule is Cc1nc(-c2ccccc2)cc(N2CCN(C(=O)COc3ccccc3C)CC2)n1. The van der Waals surface area contributed by atoms with E-state index in [4.69, 9.17) is 4.74 Å². The first-order valence-corrected chi connectivity index (χ1v) is 10.2. The van der Waals surface area contributed by atoms with Crippen LogP contribution in [0, 0.1) is 13.8 Å². The Morgan fingerprint density at radius 2 is 1.63 bits per heavy atom. The van der Waals surface area contributed by atoms with Gasteiger partial charge in [0.15, 0.2) is 6.61 Å². The Kier molecular flexibility index (Phi) is 5.93. The molecule has 6 nitrogen and oxygen atoms in total. The highest BCUT2D eigenvalue weighted by Crippen LogP contribution is 2.23. The Bertz CT molecular complexity index is 1010. The Hall–Kier alpha value is -3.41. The summed E-state index contributed by atoms with van der Waals surface area (Å²) >= 11 is 0. The zero-order chi connectivity index (χ0) is 20.9. The molecule has 0 unspecified atom stereocenters. The molecule has 1 aromatic heterocycles. The summed E-state index contributed by atoms with van der Waals surface area (Å²) in [7, 11) is 0. The third kappa shape index (κ3) is 4.59. The predicted molar refractivity (Wildman–Crippen MR) is 118 cm³/mol. The third-order valence-electron chi connectivity index (χ3n) is 5.30. The maximum atomic E-state index is 12.6. The van der Waals surface area contributed by atoms with Crippen LogP contribution >= 0.6 is 0 Å². The van der Waals surface area contributed by atoms with Crippen LogP contribution in [0.4, 0.5) is 5.82 Å². The first kappa shape index (κ1) is 19.9. The number of nitrogens with zero attached hydrogens (tertiary/aromatic N) is 4. The van der Waals surface area contributed by atoms with Gasteiger partial charge < -0.3 is 14.5 Å². The highest BCUT2D eigenvalue weighted by Gasteiger charge is 2.23. The van der Waals surface area contributed by atoms with Crippen molar-refractivity contribution in [2.75, 3.05) is 37.7 Å². The molecule has 1 saturated heterocycles. The third-order valence-corrected chi connectivity index (χ3v) is 5.30. The van der Waals surface area contributed by atoms with E-state index in [0.717, 1.165) is 47.3 Å². The number of aromatic nitrogens is 2. The molecule has 6 heteroatoms. The molecule has 1 aliphatic rings. The second-order valence-corrected chi connectivity index (χ2v) is 7.45. The van der Waals surface area contributed by atoms with Crippen molar-refractivity contribution in [2.45, 2.75) is 13.8 Å². The first-order valence-electron chi connectivity index (χ1n) is 10.2. The average Bonchev–Trinajstić information content (AvgIpc) is 2.78. The Labute approximate surface area is 177 Å². The average molecular weight is 402 g/mol. The number of amides is 1. The molecule has 0 saturated carbocycles. The standard InChI is InChI=1S/C24H26N4O2/c1-18-8-6-7-11-22(18)30-17-24(29)28-14-12-27(13-15-28)23-16-21(25-19(2)26-23)20-9-4-3-5-10-20/h3-11,16H,12-15,17H2,1-2H3. The van der Waals surface area contributed by atoms with Crippen molar-refractivity contribution in [1.29, 1.82) is 0 Å². The monoisotopic (exact) mass is 402 g/mol. The van der Waals surface area contributed by atoms with E-state index >= 15 is 0 Å². The van der Waals surface area contributed by atoms with Gasteiger partial charge in [-0.3, -0.25) is 4.79 Å². The normalized spacial score (nSPS) is 13.9. The van der Waals surface area contributed by atoms with E-state index in [9.17, 15) is 4.79 Å². The molecule has 1 fully saturated rings. The Morgan fingerprint density at radius 3 is 2.37 bits per heavy atom. The molecule has 3 aromatic rings. The number of anilines is 1. The minimum atomic E-state index is 0.0155. The maximum absolute atomic E-state index is 12.6. The Balaban J connectivity index is 1.37. The summed E-state index contributed by atoms with van der Waals surface area (Å²) in [6.07, 6.45) is 0. The summed E-state index contributed by atoms with van der Waals surface area (Å²) in [5.74, 6) is 2.43. The van der Waals surface area contributed by atoms with E-state index in [1.807, 2.05) is 67.3 Å². The predicted octanol–water partition coefficient (Wildman–Crippen LogP) is 3.49. The van der Waals surface area contributed by atoms with Gasteiger partial charge in [-0.15, -0.1) is 0 Å². The van der Waals surface area contributed by atoms with Gasteiger partial charge in [0.25, 0.3) is 5.91 Å². The molecular formula is C24H26N4O2. The van der Waals surface area contributed by atoms with Gasteiger partial charge in [0.1, 0.15) is 17.4 Å². The summed E-state index contributed by atoms with van der Waals surface area (Å²) in [4.78, 5) is 25.9. The van der Waals surface area contributed by atoms with Crippen molar-refractivity contribution in [3.05, 3.63) is 72.1 Å². The molecule has 0 radical (unpaired) electrons. The van der Waals surface area contributed by atoms with E-state index in [1.165, 1.54) is 0 Å². The largest absolute Gasteiger partial charge is 0.484 e. The van der Waals surface area contributed by atoms with Gasteiger partial charge >= 0.3 is 0 Å². The molecule has 1 amide bonds. The molecule has 2 aromatic carbocycles. The number of ether oxygens (including phenoxy) is 1. The lowest BCUT2D eigenvalue weighted by Crippen LogP contribution is -2.50. The fourth-order valence-corrected chi connectivity index (χ4v) is 3.60. The van der Waals surface area contributed by atoms with Gasteiger partial charge in [-0.25, -0.2) is 9.97 Å². The molecule has 0 atom stereocenters. The van der Waals surface area contributed by atoms with Crippen LogP contribution in [-0.2, 0) is 4.79 Å². The smallest absolute Gasteiger partial charge is 0.260 e. The number of piperazine rings is 1. The highest BCUT2D eigenvalue weighted by atomic mass is 16.5. The molecule has 1 aliphatic heterocycles. The van der Waals surface area contributed by atoms with E-state index in [1.54, 1.807) is 0 Å². The molecule has 4 rings (SSSR count). The van der Waals surface area contributed by atoms with E-state index < -0.39 is 0 Å². The minimum absolute atomic E-state index is 0.0155. The first-order chi connectivity index (χ1) is 14.6. The van der Waals surface area contributed by atoms with Crippen LogP contribution in [-0.4, -0.2) is 53.6 Å². The number of aryl methyl sites for hydroxylation is 2. The number of rotatable bonds is 5. The van der Waals surface area contributed by atoms with Crippen LogP contribution in [0.1, 0.15) is 11.4 Å². The van der Waals surface area contributed by atoms with Gasteiger partial charge in [0.05, 0.1) is 5.69 Å². The number of carbonyl (C=O) groups excluding carboxylic acids is 1. The summed E-state index contributed by atoms with van der Waals surface area (Å²) in [6.45, 7) is 6.74. The highest BCUT2D eigenvalue weighted by molar-refractivity contribution is 5.78. The van der Waals surface area contributed by atoms with Crippen molar-refractivity contribution in [2.24, 2.45) is 0 Å². The zero-order valence-electron chi connectivity index (χ0n) is 17.4. The minimum Gasteiger partial charge on any atom is -0.484 e. The quantitative estimate of drug-likeness (QED) is 0.654. The second kappa shape index (κ2) is 8.95. The van der Waals surface area contributed by atoms with Crippen LogP contribution in [0.5, 0.6) is 5.75 Å². The van der Waals surface area contributed by atoms with Crippen LogP contribution in [0.2, 0.25) is 0 Å². The topological polar surface area (TPSA) is 58.6 Å². The van der Waals surface area contributed by atoms with E-state index in [0.29, 0.717) is 13.1 Å². The lowest BCUT2D eigenvalue weighted by Gasteiger charge is -2.35. The second-order valence-electron chi connectivity index (χ2n) is 7.45. The van der Waals surface area contributed by atoms with Crippen molar-refractivity contribution in [3.8, 4) is 17.0 Å². The van der Waals surface area contributed by atoms with Crippen molar-refractivity contribution >= 4 is 11.7 Å². The molecule has 154 valence electrons. The maximum Gasteiger partial charge on any atom is 0.260 e. The van der Waals surface area contributed by atoms with E-state index in [2.05, 4.69) is 27.0 Å². The molecule has 0 bridgehead atoms. The fraction of sp³-hybridized carbons (Fsp3) is 0.292. The molecule has 0 N–H and O–H groups in total. The number of carbonyl (C=O) groups is 1. The van der Waals surface area contributed by atoms with Gasteiger partial charge in [-0.2, -0.15) is 0 Å². The molecule has 0 spiro atoms. The fourth-order valence-electron chi connectivity index (χ4n) is 3.60. The van der Waals surface area contributed by atoms with Crippen LogP contribution in [0.15, 0.2) is 60.7 Å². The molecule has 0 aliphatic carbocycles. The number of para-hydroxylation sites is 1. The van der Waals surface area contributed by atoms with Gasteiger partial charge in [-0.1, -0.05) is 48.5 Å². The Morgan fingerprint density at radius 1 is 0.933 bits per heavy atom. The summed E-state index contributed by atoms with van der Waals surface area (Å²) in [5, 5.41) is 0. The summed E-state index contributed by atoms with van der Waals surface area (Å²) in [5.41, 5.74) is 3.03.